The first-order valence-electron chi connectivity index (χ1n) is 12.0. The molecule has 38 heavy (non-hydrogen) atoms. The number of anilines is 2. The van der Waals surface area contributed by atoms with E-state index in [1.807, 2.05) is 65.2 Å². The molecule has 3 N–H and O–H groups in total. The predicted octanol–water partition coefficient (Wildman–Crippen LogP) is 6.07. The number of ether oxygens (including phenoxy) is 1. The molecule has 0 fully saturated rings. The van der Waals surface area contributed by atoms with Crippen molar-refractivity contribution in [3.05, 3.63) is 76.3 Å². The Labute approximate surface area is 243 Å². The molecule has 3 aromatic heterocycles. The Balaban J connectivity index is 0.000000307. The first kappa shape index (κ1) is 33.3. The second-order valence-electron chi connectivity index (χ2n) is 8.98. The summed E-state index contributed by atoms with van der Waals surface area (Å²) in [7, 11) is 7.31. The van der Waals surface area contributed by atoms with Crippen LogP contribution >= 0.6 is 31.9 Å². The van der Waals surface area contributed by atoms with Crippen molar-refractivity contribution in [2.24, 2.45) is 0 Å². The van der Waals surface area contributed by atoms with Gasteiger partial charge in [-0.1, -0.05) is 34.1 Å². The Kier molecular flexibility index (Phi) is 15.5. The van der Waals surface area contributed by atoms with Crippen LogP contribution in [0.4, 0.5) is 16.4 Å². The molecule has 0 atom stereocenters. The molecule has 0 aliphatic heterocycles. The highest BCUT2D eigenvalue weighted by Crippen LogP contribution is 2.16. The van der Waals surface area contributed by atoms with E-state index < -0.39 is 5.60 Å². The second-order valence-corrected chi connectivity index (χ2v) is 10.3. The summed E-state index contributed by atoms with van der Waals surface area (Å²) < 4.78 is 6.21. The van der Waals surface area contributed by atoms with Crippen LogP contribution in [0, 0.1) is 0 Å². The number of nitrogens with zero attached hydrogens (tertiary/aromatic N) is 4. The summed E-state index contributed by atoms with van der Waals surface area (Å²) >= 11 is 6.65. The van der Waals surface area contributed by atoms with E-state index in [9.17, 15) is 4.79 Å². The molecule has 0 aliphatic rings. The van der Waals surface area contributed by atoms with Gasteiger partial charge in [0.1, 0.15) is 21.8 Å². The zero-order valence-corrected chi connectivity index (χ0v) is 26.4. The van der Waals surface area contributed by atoms with Gasteiger partial charge in [0.2, 0.25) is 0 Å². The third kappa shape index (κ3) is 12.7. The van der Waals surface area contributed by atoms with Crippen LogP contribution in [0.2, 0.25) is 0 Å². The van der Waals surface area contributed by atoms with E-state index in [-0.39, 0.29) is 6.09 Å². The number of halogens is 2. The van der Waals surface area contributed by atoms with Gasteiger partial charge in [-0.2, -0.15) is 0 Å². The first-order valence-corrected chi connectivity index (χ1v) is 13.9. The van der Waals surface area contributed by atoms with Gasteiger partial charge in [-0.05, 0) is 67.5 Å². The molecular formula is C27H39Br2N7O2. The summed E-state index contributed by atoms with van der Waals surface area (Å²) in [5, 5.41) is 9.95. The molecule has 3 aromatic rings. The van der Waals surface area contributed by atoms with Crippen LogP contribution in [0.3, 0.4) is 0 Å². The van der Waals surface area contributed by atoms with Crippen molar-refractivity contribution in [2.75, 3.05) is 38.8 Å². The number of aromatic nitrogens is 3. The fourth-order valence-electron chi connectivity index (χ4n) is 2.97. The standard InChI is InChI=1S/C13H21N3O2.C8H13N3.C6H5Br2N/c1-13(2,3)18-12(17)16(5)9-10-7-6-8-15-11(10)14-4;1-9-6-7-4-3-5-11-8(7)10-2;7-4-5-2-1-3-9-6(5)8/h6-8H,9H2,1-5H3,(H,14,15);3-5,9H,6H2,1-2H3,(H,10,11);1-3H,4H2. The highest BCUT2D eigenvalue weighted by Gasteiger charge is 2.20. The highest BCUT2D eigenvalue weighted by molar-refractivity contribution is 9.10. The molecule has 3 heterocycles. The molecule has 0 aliphatic carbocycles. The quantitative estimate of drug-likeness (QED) is 0.209. The molecule has 0 aromatic carbocycles. The maximum atomic E-state index is 11.8. The molecule has 0 saturated heterocycles. The van der Waals surface area contributed by atoms with Crippen LogP contribution in [-0.2, 0) is 23.2 Å². The van der Waals surface area contributed by atoms with Crippen molar-refractivity contribution in [2.45, 2.75) is 44.8 Å². The Morgan fingerprint density at radius 1 is 0.895 bits per heavy atom. The fraction of sp³-hybridized carbons (Fsp3) is 0.407. The Morgan fingerprint density at radius 3 is 1.84 bits per heavy atom. The number of alkyl halides is 1. The van der Waals surface area contributed by atoms with Gasteiger partial charge in [-0.3, -0.25) is 0 Å². The van der Waals surface area contributed by atoms with Gasteiger partial charge in [-0.25, -0.2) is 19.7 Å². The summed E-state index contributed by atoms with van der Waals surface area (Å²) in [5.41, 5.74) is 2.84. The molecule has 0 radical (unpaired) electrons. The van der Waals surface area contributed by atoms with Gasteiger partial charge in [-0.15, -0.1) is 0 Å². The van der Waals surface area contributed by atoms with E-state index in [0.29, 0.717) is 6.54 Å². The van der Waals surface area contributed by atoms with Gasteiger partial charge in [0.05, 0.1) is 6.54 Å². The van der Waals surface area contributed by atoms with Crippen LogP contribution in [0.25, 0.3) is 0 Å². The van der Waals surface area contributed by atoms with Crippen LogP contribution in [-0.4, -0.2) is 59.7 Å². The Hall–Kier alpha value is -2.76. The Morgan fingerprint density at radius 2 is 1.39 bits per heavy atom. The zero-order valence-electron chi connectivity index (χ0n) is 23.2. The number of hydrogen-bond donors (Lipinski definition) is 3. The van der Waals surface area contributed by atoms with Crippen molar-refractivity contribution >= 4 is 49.6 Å². The van der Waals surface area contributed by atoms with E-state index in [2.05, 4.69) is 68.8 Å². The van der Waals surface area contributed by atoms with E-state index in [4.69, 9.17) is 4.74 Å². The summed E-state index contributed by atoms with van der Waals surface area (Å²) in [4.78, 5) is 25.8. The van der Waals surface area contributed by atoms with Gasteiger partial charge >= 0.3 is 6.09 Å². The normalized spacial score (nSPS) is 10.2. The fourth-order valence-corrected chi connectivity index (χ4v) is 4.19. The number of pyridine rings is 3. The third-order valence-corrected chi connectivity index (χ3v) is 6.03. The van der Waals surface area contributed by atoms with Crippen LogP contribution in [0.1, 0.15) is 37.5 Å². The summed E-state index contributed by atoms with van der Waals surface area (Å²) in [6.07, 6.45) is 4.91. The third-order valence-electron chi connectivity index (χ3n) is 4.72. The maximum Gasteiger partial charge on any atom is 0.410 e. The average molecular weight is 653 g/mol. The predicted molar refractivity (Wildman–Crippen MR) is 163 cm³/mol. The molecule has 1 amide bonds. The SMILES string of the molecule is BrCc1cccnc1Br.CNCc1cccnc1NC.CNc1ncccc1CN(C)C(=O)OC(C)(C)C. The van der Waals surface area contributed by atoms with Crippen molar-refractivity contribution in [3.63, 3.8) is 0 Å². The summed E-state index contributed by atoms with van der Waals surface area (Å²) in [6.45, 7) is 6.86. The lowest BCUT2D eigenvalue weighted by Crippen LogP contribution is -2.34. The molecule has 11 heteroatoms. The van der Waals surface area contributed by atoms with Gasteiger partial charge in [0, 0.05) is 62.7 Å². The average Bonchev–Trinajstić information content (AvgIpc) is 2.89. The lowest BCUT2D eigenvalue weighted by Gasteiger charge is -2.25. The number of carbonyl (C=O) groups excluding carboxylic acids is 1. The topological polar surface area (TPSA) is 104 Å². The van der Waals surface area contributed by atoms with Gasteiger partial charge in [0.25, 0.3) is 0 Å². The summed E-state index contributed by atoms with van der Waals surface area (Å²) in [6, 6.07) is 11.7. The van der Waals surface area contributed by atoms with Gasteiger partial charge < -0.3 is 25.6 Å². The summed E-state index contributed by atoms with van der Waals surface area (Å²) in [5.74, 6) is 1.72. The molecule has 3 rings (SSSR count). The number of amides is 1. The molecule has 0 unspecified atom stereocenters. The van der Waals surface area contributed by atoms with E-state index in [0.717, 1.165) is 33.7 Å². The smallest absolute Gasteiger partial charge is 0.410 e. The number of rotatable bonds is 7. The van der Waals surface area contributed by atoms with E-state index in [1.165, 1.54) is 16.0 Å². The molecule has 0 saturated carbocycles. The van der Waals surface area contributed by atoms with Crippen LogP contribution in [0.15, 0.2) is 59.6 Å². The van der Waals surface area contributed by atoms with Crippen molar-refractivity contribution in [3.8, 4) is 0 Å². The number of carbonyl (C=O) groups is 1. The number of hydrogen-bond acceptors (Lipinski definition) is 8. The van der Waals surface area contributed by atoms with Crippen molar-refractivity contribution in [1.82, 2.24) is 25.2 Å². The van der Waals surface area contributed by atoms with Crippen molar-refractivity contribution < 1.29 is 9.53 Å². The second kappa shape index (κ2) is 17.7. The minimum atomic E-state index is -0.480. The first-order chi connectivity index (χ1) is 18.1. The van der Waals surface area contributed by atoms with E-state index in [1.54, 1.807) is 32.7 Å². The van der Waals surface area contributed by atoms with Crippen molar-refractivity contribution in [1.29, 1.82) is 0 Å². The largest absolute Gasteiger partial charge is 0.444 e. The lowest BCUT2D eigenvalue weighted by atomic mass is 10.2. The highest BCUT2D eigenvalue weighted by atomic mass is 79.9. The molecular weight excluding hydrogens is 614 g/mol. The molecule has 208 valence electrons. The van der Waals surface area contributed by atoms with E-state index >= 15 is 0 Å². The minimum Gasteiger partial charge on any atom is -0.444 e. The van der Waals surface area contributed by atoms with Crippen LogP contribution in [0.5, 0.6) is 0 Å². The maximum absolute atomic E-state index is 11.8. The number of nitrogens with one attached hydrogen (secondary N) is 3. The monoisotopic (exact) mass is 651 g/mol. The minimum absolute atomic E-state index is 0.339. The molecule has 9 nitrogen and oxygen atoms in total. The van der Waals surface area contributed by atoms with Crippen LogP contribution < -0.4 is 16.0 Å². The molecule has 0 bridgehead atoms. The lowest BCUT2D eigenvalue weighted by molar-refractivity contribution is 0.0285. The van der Waals surface area contributed by atoms with Gasteiger partial charge in [0.15, 0.2) is 0 Å². The molecule has 0 spiro atoms. The Bertz CT molecular complexity index is 1110. The zero-order chi connectivity index (χ0) is 28.6.